The number of hydrogen-bond acceptors (Lipinski definition) is 6. The molecule has 1 spiro atoms. The molecule has 3 saturated heterocycles. The highest BCUT2D eigenvalue weighted by molar-refractivity contribution is 7.88. The molecule has 196 valence electrons. The predicted octanol–water partition coefficient (Wildman–Crippen LogP) is 2.06. The summed E-state index contributed by atoms with van der Waals surface area (Å²) < 4.78 is 25.4. The summed E-state index contributed by atoms with van der Waals surface area (Å²) in [7, 11) is -3.19. The van der Waals surface area contributed by atoms with Crippen LogP contribution < -0.4 is 16.0 Å². The van der Waals surface area contributed by atoms with Gasteiger partial charge in [-0.15, -0.1) is 0 Å². The zero-order valence-corrected chi connectivity index (χ0v) is 21.7. The first-order valence-corrected chi connectivity index (χ1v) is 14.7. The molecule has 1 aromatic carbocycles. The van der Waals surface area contributed by atoms with Crippen LogP contribution in [0.1, 0.15) is 53.9 Å². The lowest BCUT2D eigenvalue weighted by atomic mass is 9.78. The normalized spacial score (nSPS) is 23.8. The van der Waals surface area contributed by atoms with E-state index in [4.69, 9.17) is 10.7 Å². The summed E-state index contributed by atoms with van der Waals surface area (Å²) in [4.78, 5) is 35.3. The molecule has 1 atom stereocenters. The van der Waals surface area contributed by atoms with Gasteiger partial charge in [-0.25, -0.2) is 17.7 Å². The second kappa shape index (κ2) is 8.70. The van der Waals surface area contributed by atoms with E-state index in [1.165, 1.54) is 12.5 Å². The molecule has 0 bridgehead atoms. The Morgan fingerprint density at radius 1 is 1.19 bits per heavy atom. The van der Waals surface area contributed by atoms with Crippen LogP contribution in [0.15, 0.2) is 24.4 Å². The van der Waals surface area contributed by atoms with Gasteiger partial charge in [0.15, 0.2) is 0 Å². The number of nitrogens with two attached hydrogens (primary N) is 1. The molecule has 3 aromatic rings. The fraction of sp³-hybridized carbons (Fsp3) is 0.500. The van der Waals surface area contributed by atoms with Gasteiger partial charge in [0.2, 0.25) is 15.9 Å². The second-order valence-corrected chi connectivity index (χ2v) is 12.8. The second-order valence-electron chi connectivity index (χ2n) is 10.8. The molecular weight excluding hydrogens is 492 g/mol. The van der Waals surface area contributed by atoms with Crippen LogP contribution in [0.3, 0.4) is 0 Å². The Labute approximate surface area is 215 Å². The van der Waals surface area contributed by atoms with E-state index in [-0.39, 0.29) is 11.8 Å². The van der Waals surface area contributed by atoms with Gasteiger partial charge in [0, 0.05) is 49.8 Å². The van der Waals surface area contributed by atoms with Crippen molar-refractivity contribution in [1.82, 2.24) is 19.6 Å². The molecule has 0 aliphatic carbocycles. The zero-order valence-electron chi connectivity index (χ0n) is 20.9. The number of amides is 2. The van der Waals surface area contributed by atoms with Crippen LogP contribution in [0.25, 0.3) is 21.8 Å². The highest BCUT2D eigenvalue weighted by Gasteiger charge is 2.45. The van der Waals surface area contributed by atoms with Crippen molar-refractivity contribution in [3.63, 3.8) is 0 Å². The summed E-state index contributed by atoms with van der Waals surface area (Å²) in [6.45, 7) is 3.08. The number of pyridine rings is 1. The van der Waals surface area contributed by atoms with E-state index in [9.17, 15) is 18.0 Å². The Hall–Kier alpha value is -3.18. The standard InChI is InChI=1S/C26H32N6O4S/c1-37(35,36)32-11-5-16(6-12-32)17-3-4-20-18(13-17)21-22(30-20)19(23(27)33)14-29-24(21)31-10-2-7-26(15-31)8-9-28-25(26)34/h3-4,13-14,16,30H,2,5-12,15H2,1H3,(H2,27,33)(H,28,34). The number of aromatic nitrogens is 2. The van der Waals surface area contributed by atoms with Gasteiger partial charge in [-0.2, -0.15) is 0 Å². The fourth-order valence-corrected chi connectivity index (χ4v) is 7.39. The van der Waals surface area contributed by atoms with Gasteiger partial charge in [-0.05, 0) is 55.7 Å². The highest BCUT2D eigenvalue weighted by Crippen LogP contribution is 2.42. The van der Waals surface area contributed by atoms with E-state index in [0.29, 0.717) is 37.3 Å². The van der Waals surface area contributed by atoms with Crippen molar-refractivity contribution in [1.29, 1.82) is 0 Å². The molecule has 10 nitrogen and oxygen atoms in total. The number of fused-ring (bicyclic) bond motifs is 3. The Bertz CT molecular complexity index is 1520. The molecule has 37 heavy (non-hydrogen) atoms. The third kappa shape index (κ3) is 4.04. The largest absolute Gasteiger partial charge is 0.365 e. The minimum Gasteiger partial charge on any atom is -0.365 e. The van der Waals surface area contributed by atoms with E-state index in [1.807, 2.05) is 6.07 Å². The number of aromatic amines is 1. The zero-order chi connectivity index (χ0) is 25.9. The van der Waals surface area contributed by atoms with Crippen LogP contribution in [0.4, 0.5) is 5.82 Å². The number of sulfonamides is 1. The van der Waals surface area contributed by atoms with Crippen molar-refractivity contribution in [2.75, 3.05) is 43.9 Å². The molecular formula is C26H32N6O4S. The number of carbonyl (C=O) groups is 2. The first kappa shape index (κ1) is 24.2. The topological polar surface area (TPSA) is 141 Å². The molecule has 2 aromatic heterocycles. The van der Waals surface area contributed by atoms with Crippen molar-refractivity contribution < 1.29 is 18.0 Å². The number of carbonyl (C=O) groups excluding carboxylic acids is 2. The van der Waals surface area contributed by atoms with Crippen LogP contribution in [-0.2, 0) is 14.8 Å². The summed E-state index contributed by atoms with van der Waals surface area (Å²) in [5.41, 5.74) is 8.34. The van der Waals surface area contributed by atoms with Crippen molar-refractivity contribution in [2.45, 2.75) is 38.0 Å². The average Bonchev–Trinajstić information content (AvgIpc) is 3.42. The summed E-state index contributed by atoms with van der Waals surface area (Å²) in [6, 6.07) is 6.24. The Kier molecular flexibility index (Phi) is 5.68. The number of nitrogens with zero attached hydrogens (tertiary/aromatic N) is 3. The van der Waals surface area contributed by atoms with E-state index >= 15 is 0 Å². The monoisotopic (exact) mass is 524 g/mol. The Morgan fingerprint density at radius 3 is 2.65 bits per heavy atom. The van der Waals surface area contributed by atoms with Gasteiger partial charge >= 0.3 is 0 Å². The van der Waals surface area contributed by atoms with Gasteiger partial charge in [-0.1, -0.05) is 6.07 Å². The molecule has 5 heterocycles. The molecule has 4 N–H and O–H groups in total. The molecule has 2 amide bonds. The predicted molar refractivity (Wildman–Crippen MR) is 142 cm³/mol. The van der Waals surface area contributed by atoms with Crippen molar-refractivity contribution in [2.24, 2.45) is 11.1 Å². The maximum absolute atomic E-state index is 12.7. The molecule has 6 rings (SSSR count). The molecule has 0 saturated carbocycles. The summed E-state index contributed by atoms with van der Waals surface area (Å²) in [5.74, 6) is 0.565. The molecule has 3 aliphatic rings. The SMILES string of the molecule is CS(=O)(=O)N1CCC(c2ccc3[nH]c4c(C(N)=O)cnc(N5CCCC6(CCNC6=O)C5)c4c3c2)CC1. The van der Waals surface area contributed by atoms with Crippen LogP contribution in [0.5, 0.6) is 0 Å². The minimum atomic E-state index is -3.19. The van der Waals surface area contributed by atoms with Gasteiger partial charge in [0.1, 0.15) is 5.82 Å². The molecule has 11 heteroatoms. The third-order valence-electron chi connectivity index (χ3n) is 8.54. The minimum absolute atomic E-state index is 0.115. The van der Waals surface area contributed by atoms with Crippen LogP contribution in [0, 0.1) is 5.41 Å². The smallest absolute Gasteiger partial charge is 0.252 e. The summed E-state index contributed by atoms with van der Waals surface area (Å²) >= 11 is 0. The van der Waals surface area contributed by atoms with Gasteiger partial charge < -0.3 is 20.9 Å². The molecule has 0 radical (unpaired) electrons. The lowest BCUT2D eigenvalue weighted by molar-refractivity contribution is -0.128. The number of rotatable bonds is 4. The van der Waals surface area contributed by atoms with Crippen LogP contribution >= 0.6 is 0 Å². The number of hydrogen-bond donors (Lipinski definition) is 3. The maximum Gasteiger partial charge on any atom is 0.252 e. The van der Waals surface area contributed by atoms with E-state index in [0.717, 1.165) is 66.3 Å². The Morgan fingerprint density at radius 2 is 1.97 bits per heavy atom. The Balaban J connectivity index is 1.43. The summed E-state index contributed by atoms with van der Waals surface area (Å²) in [6.07, 6.45) is 6.87. The lowest BCUT2D eigenvalue weighted by Crippen LogP contribution is -2.47. The van der Waals surface area contributed by atoms with Crippen LogP contribution in [-0.4, -0.2) is 73.5 Å². The quantitative estimate of drug-likeness (QED) is 0.477. The van der Waals surface area contributed by atoms with Crippen molar-refractivity contribution in [3.8, 4) is 0 Å². The number of piperidine rings is 2. The van der Waals surface area contributed by atoms with E-state index in [1.54, 1.807) is 4.31 Å². The van der Waals surface area contributed by atoms with Gasteiger partial charge in [-0.3, -0.25) is 9.59 Å². The third-order valence-corrected chi connectivity index (χ3v) is 9.84. The van der Waals surface area contributed by atoms with Gasteiger partial charge in [0.25, 0.3) is 5.91 Å². The lowest BCUT2D eigenvalue weighted by Gasteiger charge is -2.39. The fourth-order valence-electron chi connectivity index (χ4n) is 6.52. The average molecular weight is 525 g/mol. The number of primary amides is 1. The highest BCUT2D eigenvalue weighted by atomic mass is 32.2. The number of nitrogens with one attached hydrogen (secondary N) is 2. The first-order chi connectivity index (χ1) is 17.7. The number of H-pyrrole nitrogens is 1. The molecule has 1 unspecified atom stereocenters. The molecule has 3 aliphatic heterocycles. The first-order valence-electron chi connectivity index (χ1n) is 12.9. The van der Waals surface area contributed by atoms with E-state index < -0.39 is 21.3 Å². The van der Waals surface area contributed by atoms with Gasteiger partial charge in [0.05, 0.1) is 28.1 Å². The number of anilines is 1. The van der Waals surface area contributed by atoms with Crippen molar-refractivity contribution >= 4 is 49.5 Å². The van der Waals surface area contributed by atoms with Crippen LogP contribution in [0.2, 0.25) is 0 Å². The molecule has 3 fully saturated rings. The maximum atomic E-state index is 12.7. The van der Waals surface area contributed by atoms with E-state index in [2.05, 4.69) is 27.3 Å². The summed E-state index contributed by atoms with van der Waals surface area (Å²) in [5, 5.41) is 4.80. The van der Waals surface area contributed by atoms with Crippen molar-refractivity contribution in [3.05, 3.63) is 35.5 Å². The number of benzene rings is 1.